The number of nitrogens with zero attached hydrogens (tertiary/aromatic N) is 2. The maximum absolute atomic E-state index is 14.5. The molecule has 4 rings (SSSR count). The molecular weight excluding hydrogens is 660 g/mol. The number of urea groups is 1. The maximum atomic E-state index is 14.5. The summed E-state index contributed by atoms with van der Waals surface area (Å²) in [6.45, 7) is 15.0. The highest BCUT2D eigenvalue weighted by atomic mass is 16.2. The number of benzene rings is 1. The molecule has 11 nitrogen and oxygen atoms in total. The van der Waals surface area contributed by atoms with Crippen LogP contribution in [0.25, 0.3) is 0 Å². The van der Waals surface area contributed by atoms with E-state index in [1.54, 1.807) is 35.2 Å². The van der Waals surface area contributed by atoms with Gasteiger partial charge in [0.15, 0.2) is 11.6 Å². The number of allylic oxidation sites excluding steroid dienone is 1. The van der Waals surface area contributed by atoms with E-state index in [2.05, 4.69) is 23.1 Å². The lowest BCUT2D eigenvalue weighted by Gasteiger charge is -2.38. The molecule has 0 aromatic heterocycles. The zero-order valence-corrected chi connectivity index (χ0v) is 31.5. The predicted octanol–water partition coefficient (Wildman–Crippen LogP) is 5.13. The fourth-order valence-corrected chi connectivity index (χ4v) is 7.74. The molecule has 5 amide bonds. The monoisotopic (exact) mass is 714 g/mol. The minimum absolute atomic E-state index is 0.0111. The Morgan fingerprint density at radius 2 is 1.62 bits per heavy atom. The van der Waals surface area contributed by atoms with E-state index in [0.717, 1.165) is 24.2 Å². The Bertz CT molecular complexity index is 1610. The van der Waals surface area contributed by atoms with Crippen LogP contribution < -0.4 is 10.6 Å². The van der Waals surface area contributed by atoms with Crippen molar-refractivity contribution in [2.45, 2.75) is 111 Å². The van der Waals surface area contributed by atoms with Crippen LogP contribution in [-0.2, 0) is 19.2 Å². The second-order valence-corrected chi connectivity index (χ2v) is 16.6. The molecule has 1 saturated heterocycles. The van der Waals surface area contributed by atoms with Gasteiger partial charge in [0.05, 0.1) is 29.8 Å². The molecule has 280 valence electrons. The topological polar surface area (TPSA) is 150 Å². The van der Waals surface area contributed by atoms with E-state index >= 15 is 0 Å². The normalized spacial score (nSPS) is 21.4. The van der Waals surface area contributed by atoms with Crippen LogP contribution in [0.1, 0.15) is 114 Å². The average Bonchev–Trinajstić information content (AvgIpc) is 3.75. The number of carbonyl (C=O) groups excluding carboxylic acids is 7. The average molecular weight is 715 g/mol. The fraction of sp³-hybridized carbons (Fsp3) is 0.585. The van der Waals surface area contributed by atoms with Gasteiger partial charge < -0.3 is 15.5 Å². The van der Waals surface area contributed by atoms with Crippen LogP contribution >= 0.6 is 0 Å². The zero-order valence-electron chi connectivity index (χ0n) is 31.5. The van der Waals surface area contributed by atoms with Gasteiger partial charge in [0.2, 0.25) is 11.7 Å². The number of fused-ring (bicyclic) bond motifs is 2. The standard InChI is InChI=1S/C41H54N4O7/c1-9-11-16-25(34(48)30(46)21-12-10-2)22-31(47)33-27-20-15-17-26(27)23-44(33)38(51)35(41(6,7)8)43-39(52)42-32(40(3,4)5)24-45-36(49)28-18-13-14-19-29(28)37(45)50/h1,10,13-14,18-19,25-27,32-33,35H,2,11-12,15-17,20-24H2,3-8H3,(H2,42,43,52)/t25?,26-,27-,32+,33-,35+/m0/s1. The number of rotatable bonds is 15. The van der Waals surface area contributed by atoms with Gasteiger partial charge in [-0.15, -0.1) is 18.9 Å². The summed E-state index contributed by atoms with van der Waals surface area (Å²) < 4.78 is 0. The summed E-state index contributed by atoms with van der Waals surface area (Å²) in [6.07, 6.45) is 10.2. The third-order valence-corrected chi connectivity index (χ3v) is 10.8. The van der Waals surface area contributed by atoms with Crippen LogP contribution in [-0.4, -0.2) is 82.1 Å². The summed E-state index contributed by atoms with van der Waals surface area (Å²) in [5.74, 6) is -1.09. The van der Waals surface area contributed by atoms with E-state index in [-0.39, 0.29) is 49.8 Å². The van der Waals surface area contributed by atoms with Crippen molar-refractivity contribution in [3.05, 3.63) is 48.0 Å². The largest absolute Gasteiger partial charge is 0.333 e. The van der Waals surface area contributed by atoms with Crippen LogP contribution in [0.15, 0.2) is 36.9 Å². The summed E-state index contributed by atoms with van der Waals surface area (Å²) in [6, 6.07) is 3.44. The van der Waals surface area contributed by atoms with E-state index < -0.39 is 70.2 Å². The summed E-state index contributed by atoms with van der Waals surface area (Å²) in [5, 5.41) is 5.81. The molecule has 1 aromatic rings. The van der Waals surface area contributed by atoms with E-state index in [4.69, 9.17) is 6.42 Å². The fourth-order valence-electron chi connectivity index (χ4n) is 7.74. The summed E-state index contributed by atoms with van der Waals surface area (Å²) in [5.41, 5.74) is -0.734. The molecule has 1 saturated carbocycles. The van der Waals surface area contributed by atoms with Crippen molar-refractivity contribution in [2.75, 3.05) is 13.1 Å². The Kier molecular flexibility index (Phi) is 12.7. The minimum Gasteiger partial charge on any atom is -0.333 e. The molecular formula is C41H54N4O7. The first-order valence-electron chi connectivity index (χ1n) is 18.4. The van der Waals surface area contributed by atoms with Gasteiger partial charge in [0.1, 0.15) is 6.04 Å². The Balaban J connectivity index is 1.54. The van der Waals surface area contributed by atoms with Gasteiger partial charge in [0.25, 0.3) is 11.8 Å². The molecule has 2 aliphatic heterocycles. The lowest BCUT2D eigenvalue weighted by atomic mass is 9.83. The second kappa shape index (κ2) is 16.4. The Morgan fingerprint density at radius 1 is 0.981 bits per heavy atom. The summed E-state index contributed by atoms with van der Waals surface area (Å²) in [7, 11) is 0. The zero-order chi connectivity index (χ0) is 38.5. The molecule has 1 unspecified atom stereocenters. The number of hydrogen-bond acceptors (Lipinski definition) is 7. The van der Waals surface area contributed by atoms with Crippen LogP contribution in [0.5, 0.6) is 0 Å². The first-order valence-corrected chi connectivity index (χ1v) is 18.4. The van der Waals surface area contributed by atoms with Gasteiger partial charge in [0, 0.05) is 31.7 Å². The van der Waals surface area contributed by atoms with E-state index in [0.29, 0.717) is 24.1 Å². The Labute approximate surface area is 307 Å². The summed E-state index contributed by atoms with van der Waals surface area (Å²) in [4.78, 5) is 97.4. The van der Waals surface area contributed by atoms with Gasteiger partial charge in [-0.1, -0.05) is 66.2 Å². The van der Waals surface area contributed by atoms with Crippen molar-refractivity contribution in [3.63, 3.8) is 0 Å². The van der Waals surface area contributed by atoms with Crippen molar-refractivity contribution < 1.29 is 33.6 Å². The molecule has 1 aromatic carbocycles. The molecule has 0 radical (unpaired) electrons. The molecule has 2 heterocycles. The van der Waals surface area contributed by atoms with E-state index in [1.165, 1.54) is 0 Å². The molecule has 1 aliphatic carbocycles. The minimum atomic E-state index is -1.04. The molecule has 0 spiro atoms. The Morgan fingerprint density at radius 3 is 2.17 bits per heavy atom. The number of imide groups is 1. The lowest BCUT2D eigenvalue weighted by Crippen LogP contribution is -2.61. The third kappa shape index (κ3) is 8.88. The first-order chi connectivity index (χ1) is 24.4. The van der Waals surface area contributed by atoms with E-state index in [1.807, 2.05) is 41.5 Å². The highest BCUT2D eigenvalue weighted by Gasteiger charge is 2.52. The van der Waals surface area contributed by atoms with Crippen molar-refractivity contribution >= 4 is 41.1 Å². The molecule has 3 aliphatic rings. The van der Waals surface area contributed by atoms with Crippen molar-refractivity contribution in [2.24, 2.45) is 28.6 Å². The third-order valence-electron chi connectivity index (χ3n) is 10.8. The number of Topliss-reactive ketones (excluding diaryl/α,β-unsaturated/α-hetero) is 3. The van der Waals surface area contributed by atoms with Gasteiger partial charge >= 0.3 is 6.03 Å². The van der Waals surface area contributed by atoms with Crippen LogP contribution in [0.4, 0.5) is 4.79 Å². The quantitative estimate of drug-likeness (QED) is 0.111. The smallest absolute Gasteiger partial charge is 0.315 e. The SMILES string of the molecule is C#CCCC(CC(=O)[C@@H]1[C@H]2CCC[C@H]2CN1C(=O)[C@@H](NC(=O)N[C@H](CN1C(=O)c2ccccc2C1=O)C(C)(C)C)C(C)(C)C)C(=O)C(=O)CCC=C. The highest BCUT2D eigenvalue weighted by Crippen LogP contribution is 2.44. The molecule has 11 heteroatoms. The maximum Gasteiger partial charge on any atom is 0.315 e. The summed E-state index contributed by atoms with van der Waals surface area (Å²) >= 11 is 0. The number of amides is 5. The van der Waals surface area contributed by atoms with E-state index in [9.17, 15) is 33.6 Å². The van der Waals surface area contributed by atoms with Crippen LogP contribution in [0, 0.1) is 40.9 Å². The van der Waals surface area contributed by atoms with Crippen molar-refractivity contribution in [1.29, 1.82) is 0 Å². The van der Waals surface area contributed by atoms with Crippen LogP contribution in [0.2, 0.25) is 0 Å². The molecule has 2 N–H and O–H groups in total. The van der Waals surface area contributed by atoms with Crippen LogP contribution in [0.3, 0.4) is 0 Å². The number of ketones is 3. The van der Waals surface area contributed by atoms with Gasteiger partial charge in [-0.05, 0) is 60.5 Å². The molecule has 52 heavy (non-hydrogen) atoms. The van der Waals surface area contributed by atoms with Gasteiger partial charge in [-0.25, -0.2) is 4.79 Å². The number of hydrogen-bond donors (Lipinski definition) is 2. The second-order valence-electron chi connectivity index (χ2n) is 16.6. The number of likely N-dealkylation sites (tertiary alicyclic amines) is 1. The predicted molar refractivity (Wildman–Crippen MR) is 197 cm³/mol. The molecule has 2 fully saturated rings. The van der Waals surface area contributed by atoms with Gasteiger partial charge in [-0.2, -0.15) is 0 Å². The lowest BCUT2D eigenvalue weighted by molar-refractivity contribution is -0.144. The molecule has 6 atom stereocenters. The number of terminal acetylenes is 1. The molecule has 0 bridgehead atoms. The highest BCUT2D eigenvalue weighted by molar-refractivity contribution is 6.38. The first kappa shape index (κ1) is 40.2. The van der Waals surface area contributed by atoms with Gasteiger partial charge in [-0.3, -0.25) is 33.7 Å². The van der Waals surface area contributed by atoms with Crippen molar-refractivity contribution in [3.8, 4) is 12.3 Å². The Hall–Kier alpha value is -4.59. The van der Waals surface area contributed by atoms with Crippen molar-refractivity contribution in [1.82, 2.24) is 20.4 Å². The number of carbonyl (C=O) groups is 7. The number of nitrogens with one attached hydrogen (secondary N) is 2.